The van der Waals surface area contributed by atoms with Gasteiger partial charge in [0.05, 0.1) is 5.88 Å². The largest absolute Gasteiger partial charge is 0.331 e. The molecule has 2 fully saturated rings. The second kappa shape index (κ2) is 6.79. The third-order valence-corrected chi connectivity index (χ3v) is 6.57. The number of carbonyl (C=O) groups excluding carboxylic acids is 2. The van der Waals surface area contributed by atoms with Crippen molar-refractivity contribution in [1.29, 1.82) is 0 Å². The molecule has 1 aromatic rings. The molecule has 2 saturated heterocycles. The van der Waals surface area contributed by atoms with Crippen molar-refractivity contribution in [2.24, 2.45) is 0 Å². The minimum absolute atomic E-state index is 0.165. The van der Waals surface area contributed by atoms with Gasteiger partial charge in [-0.3, -0.25) is 9.59 Å². The van der Waals surface area contributed by atoms with E-state index in [0.29, 0.717) is 12.3 Å². The van der Waals surface area contributed by atoms with Crippen LogP contribution < -0.4 is 0 Å². The van der Waals surface area contributed by atoms with E-state index in [1.54, 1.807) is 11.8 Å². The maximum Gasteiger partial charge on any atom is 0.246 e. The third-order valence-electron chi connectivity index (χ3n) is 5.60. The number of hydrogen-bond donors (Lipinski definition) is 0. The highest BCUT2D eigenvalue weighted by molar-refractivity contribution is 7.99. The summed E-state index contributed by atoms with van der Waals surface area (Å²) < 4.78 is 0. The molecule has 128 valence electrons. The zero-order valence-corrected chi connectivity index (χ0v) is 14.8. The molecule has 1 aromatic carbocycles. The molecule has 4 nitrogen and oxygen atoms in total. The number of hydrogen-bond acceptors (Lipinski definition) is 3. The fourth-order valence-electron chi connectivity index (χ4n) is 4.31. The van der Waals surface area contributed by atoms with Gasteiger partial charge in [0.15, 0.2) is 0 Å². The molecular formula is C19H24N2O2S. The topological polar surface area (TPSA) is 40.6 Å². The van der Waals surface area contributed by atoms with E-state index in [-0.39, 0.29) is 17.9 Å². The number of rotatable bonds is 3. The molecule has 0 bridgehead atoms. The molecule has 0 saturated carbocycles. The van der Waals surface area contributed by atoms with Crippen LogP contribution in [0.2, 0.25) is 0 Å². The third kappa shape index (κ3) is 2.94. The van der Waals surface area contributed by atoms with Gasteiger partial charge in [-0.2, -0.15) is 0 Å². The molecule has 2 unspecified atom stereocenters. The Hall–Kier alpha value is -1.49. The van der Waals surface area contributed by atoms with Gasteiger partial charge in [-0.1, -0.05) is 24.3 Å². The second-order valence-corrected chi connectivity index (χ2v) is 8.10. The molecule has 2 amide bonds. The van der Waals surface area contributed by atoms with Crippen LogP contribution >= 0.6 is 11.8 Å². The van der Waals surface area contributed by atoms with Crippen LogP contribution in [0.4, 0.5) is 0 Å². The molecular weight excluding hydrogens is 320 g/mol. The monoisotopic (exact) mass is 344 g/mol. The second-order valence-electron chi connectivity index (χ2n) is 7.02. The van der Waals surface area contributed by atoms with Gasteiger partial charge in [0.25, 0.3) is 0 Å². The summed E-state index contributed by atoms with van der Waals surface area (Å²) in [7, 11) is 0. The van der Waals surface area contributed by atoms with Crippen LogP contribution in [-0.4, -0.2) is 52.4 Å². The molecule has 4 rings (SSSR count). The Morgan fingerprint density at radius 1 is 1.17 bits per heavy atom. The number of thioether (sulfide) groups is 1. The molecule has 0 N–H and O–H groups in total. The number of amides is 2. The van der Waals surface area contributed by atoms with Gasteiger partial charge in [-0.25, -0.2) is 0 Å². The summed E-state index contributed by atoms with van der Waals surface area (Å²) in [5.74, 6) is 2.46. The SMILES string of the molecule is O=C(C1CCCN1C(=O)CC1CCc2ccccc21)N1CCSC1. The smallest absolute Gasteiger partial charge is 0.246 e. The van der Waals surface area contributed by atoms with Crippen LogP contribution in [0, 0.1) is 0 Å². The van der Waals surface area contributed by atoms with Gasteiger partial charge in [0.2, 0.25) is 11.8 Å². The van der Waals surface area contributed by atoms with E-state index in [4.69, 9.17) is 0 Å². The molecule has 0 spiro atoms. The molecule has 0 radical (unpaired) electrons. The summed E-state index contributed by atoms with van der Waals surface area (Å²) in [6.07, 6.45) is 4.45. The van der Waals surface area contributed by atoms with Crippen LogP contribution in [0.3, 0.4) is 0 Å². The zero-order chi connectivity index (χ0) is 16.5. The van der Waals surface area contributed by atoms with Crippen molar-refractivity contribution in [3.63, 3.8) is 0 Å². The highest BCUT2D eigenvalue weighted by Gasteiger charge is 2.38. The summed E-state index contributed by atoms with van der Waals surface area (Å²) in [6.45, 7) is 1.57. The number of nitrogens with zero attached hydrogens (tertiary/aromatic N) is 2. The Morgan fingerprint density at radius 3 is 2.88 bits per heavy atom. The van der Waals surface area contributed by atoms with Gasteiger partial charge < -0.3 is 9.80 Å². The van der Waals surface area contributed by atoms with Crippen molar-refractivity contribution >= 4 is 23.6 Å². The first-order valence-corrected chi connectivity index (χ1v) is 10.1. The number of aryl methyl sites for hydroxylation is 1. The van der Waals surface area contributed by atoms with Crippen molar-refractivity contribution in [3.8, 4) is 0 Å². The van der Waals surface area contributed by atoms with Crippen molar-refractivity contribution in [3.05, 3.63) is 35.4 Å². The quantitative estimate of drug-likeness (QED) is 0.846. The lowest BCUT2D eigenvalue weighted by Crippen LogP contribution is -2.47. The minimum Gasteiger partial charge on any atom is -0.331 e. The number of carbonyl (C=O) groups is 2. The minimum atomic E-state index is -0.215. The maximum atomic E-state index is 12.9. The zero-order valence-electron chi connectivity index (χ0n) is 13.9. The summed E-state index contributed by atoms with van der Waals surface area (Å²) in [4.78, 5) is 29.4. The number of likely N-dealkylation sites (tertiary alicyclic amines) is 1. The van der Waals surface area contributed by atoms with E-state index >= 15 is 0 Å². The molecule has 1 aliphatic carbocycles. The van der Waals surface area contributed by atoms with E-state index in [9.17, 15) is 9.59 Å². The predicted molar refractivity (Wildman–Crippen MR) is 95.9 cm³/mol. The van der Waals surface area contributed by atoms with E-state index in [1.807, 2.05) is 9.80 Å². The molecule has 0 aromatic heterocycles. The Morgan fingerprint density at radius 2 is 2.04 bits per heavy atom. The first kappa shape index (κ1) is 16.0. The van der Waals surface area contributed by atoms with Crippen LogP contribution in [0.1, 0.15) is 42.7 Å². The highest BCUT2D eigenvalue weighted by Crippen LogP contribution is 2.36. The lowest BCUT2D eigenvalue weighted by atomic mass is 9.97. The molecule has 2 heterocycles. The van der Waals surface area contributed by atoms with Gasteiger partial charge in [-0.15, -0.1) is 11.8 Å². The van der Waals surface area contributed by atoms with E-state index in [1.165, 1.54) is 11.1 Å². The Bertz CT molecular complexity index is 642. The van der Waals surface area contributed by atoms with Crippen molar-refractivity contribution in [2.75, 3.05) is 24.7 Å². The summed E-state index contributed by atoms with van der Waals surface area (Å²) in [5.41, 5.74) is 2.72. The van der Waals surface area contributed by atoms with Gasteiger partial charge in [-0.05, 0) is 42.7 Å². The van der Waals surface area contributed by atoms with Crippen LogP contribution in [-0.2, 0) is 16.0 Å². The molecule has 2 aliphatic heterocycles. The van der Waals surface area contributed by atoms with E-state index in [0.717, 1.165) is 50.4 Å². The Labute approximate surface area is 147 Å². The van der Waals surface area contributed by atoms with Gasteiger partial charge >= 0.3 is 0 Å². The first-order valence-electron chi connectivity index (χ1n) is 8.98. The Balaban J connectivity index is 1.43. The van der Waals surface area contributed by atoms with Crippen LogP contribution in [0.15, 0.2) is 24.3 Å². The van der Waals surface area contributed by atoms with E-state index in [2.05, 4.69) is 24.3 Å². The maximum absolute atomic E-state index is 12.9. The van der Waals surface area contributed by atoms with Gasteiger partial charge in [0.1, 0.15) is 6.04 Å². The van der Waals surface area contributed by atoms with Crippen molar-refractivity contribution < 1.29 is 9.59 Å². The van der Waals surface area contributed by atoms with Crippen LogP contribution in [0.25, 0.3) is 0 Å². The fraction of sp³-hybridized carbons (Fsp3) is 0.579. The van der Waals surface area contributed by atoms with Gasteiger partial charge in [0, 0.05) is 25.3 Å². The summed E-state index contributed by atoms with van der Waals surface area (Å²) in [5, 5.41) is 0. The lowest BCUT2D eigenvalue weighted by molar-refractivity contribution is -0.143. The normalized spacial score (nSPS) is 26.0. The summed E-state index contributed by atoms with van der Waals surface area (Å²) in [6, 6.07) is 8.26. The van der Waals surface area contributed by atoms with Crippen molar-refractivity contribution in [2.45, 2.75) is 44.1 Å². The highest BCUT2D eigenvalue weighted by atomic mass is 32.2. The first-order chi connectivity index (χ1) is 11.7. The average molecular weight is 344 g/mol. The molecule has 3 aliphatic rings. The summed E-state index contributed by atoms with van der Waals surface area (Å²) >= 11 is 1.80. The molecule has 2 atom stereocenters. The number of fused-ring (bicyclic) bond motifs is 1. The van der Waals surface area contributed by atoms with E-state index < -0.39 is 0 Å². The van der Waals surface area contributed by atoms with Crippen molar-refractivity contribution in [1.82, 2.24) is 9.80 Å². The molecule has 24 heavy (non-hydrogen) atoms. The molecule has 5 heteroatoms. The Kier molecular flexibility index (Phi) is 4.53. The average Bonchev–Trinajstić information content (AvgIpc) is 3.35. The fourth-order valence-corrected chi connectivity index (χ4v) is 5.26. The number of benzene rings is 1. The standard InChI is InChI=1S/C19H24N2O2S/c22-18(12-15-8-7-14-4-1-2-5-16(14)15)21-9-3-6-17(21)19(23)20-10-11-24-13-20/h1-2,4-5,15,17H,3,6-13H2. The lowest BCUT2D eigenvalue weighted by Gasteiger charge is -2.28. The predicted octanol–water partition coefficient (Wildman–Crippen LogP) is 2.63. The van der Waals surface area contributed by atoms with Crippen LogP contribution in [0.5, 0.6) is 0 Å².